The van der Waals surface area contributed by atoms with Crippen molar-refractivity contribution in [1.82, 2.24) is 20.8 Å². The van der Waals surface area contributed by atoms with Gasteiger partial charge in [0.25, 0.3) is 11.8 Å². The minimum absolute atomic E-state index is 0.314. The molecule has 0 unspecified atom stereocenters. The molecule has 0 aliphatic rings. The highest BCUT2D eigenvalue weighted by atomic mass is 28.5. The summed E-state index contributed by atoms with van der Waals surface area (Å²) < 4.78 is 25.8. The summed E-state index contributed by atoms with van der Waals surface area (Å²) >= 11 is 0. The molecule has 0 aliphatic heterocycles. The molecule has 340 valence electrons. The van der Waals surface area contributed by atoms with Gasteiger partial charge in [-0.05, 0) is 125 Å². The number of benzene rings is 4. The molecular weight excluding hydrogens is 865 g/mol. The molecule has 0 radical (unpaired) electrons. The standard InChI is InChI=1S/C50H62N6O6Si3/c1-63(2,33-15-7-13-31-59-45-23-17-21-41(35-45)49(57)55-51-37-43-29-27-39-19-9-11-25-47(39)53-43)61-65(5,6)62-64(3,4)34-16-8-14-32-60-46-24-18-22-42(36-46)50(58)56-52-38-44-30-28-40-20-10-12-26-48(40)54-44/h9-12,17-30,35-38H,7-8,13-16,31-34H2,1-6H3,(H,55,57)(H,56,58)/b51-37+,52-38+. The highest BCUT2D eigenvalue weighted by Crippen LogP contribution is 2.27. The van der Waals surface area contributed by atoms with Crippen molar-refractivity contribution in [2.45, 2.75) is 89.9 Å². The number of rotatable bonds is 24. The number of hydrogen-bond acceptors (Lipinski definition) is 10. The van der Waals surface area contributed by atoms with Crippen molar-refractivity contribution in [3.8, 4) is 11.5 Å². The Morgan fingerprint density at radius 2 is 0.954 bits per heavy atom. The molecule has 2 N–H and O–H groups in total. The number of para-hydroxylation sites is 2. The quantitative estimate of drug-likeness (QED) is 0.0264. The lowest BCUT2D eigenvalue weighted by molar-refractivity contribution is 0.0946. The van der Waals surface area contributed by atoms with E-state index in [0.29, 0.717) is 47.2 Å². The number of hydrazone groups is 2. The predicted octanol–water partition coefficient (Wildman–Crippen LogP) is 11.3. The van der Waals surface area contributed by atoms with Crippen LogP contribution in [0.1, 0.15) is 70.6 Å². The fraction of sp³-hybridized carbons (Fsp3) is 0.320. The molecule has 0 fully saturated rings. The van der Waals surface area contributed by atoms with Crippen LogP contribution >= 0.6 is 0 Å². The summed E-state index contributed by atoms with van der Waals surface area (Å²) in [6.45, 7) is 14.7. The first-order valence-corrected chi connectivity index (χ1v) is 31.5. The average Bonchev–Trinajstić information content (AvgIpc) is 3.28. The van der Waals surface area contributed by atoms with Crippen molar-refractivity contribution in [3.63, 3.8) is 0 Å². The number of amides is 2. The van der Waals surface area contributed by atoms with Gasteiger partial charge in [0.15, 0.2) is 16.6 Å². The molecule has 6 aromatic rings. The smallest absolute Gasteiger partial charge is 0.311 e. The molecule has 4 aromatic carbocycles. The van der Waals surface area contributed by atoms with Crippen molar-refractivity contribution in [2.24, 2.45) is 10.2 Å². The zero-order valence-electron chi connectivity index (χ0n) is 38.5. The van der Waals surface area contributed by atoms with Gasteiger partial charge in [-0.3, -0.25) is 9.59 Å². The molecule has 0 spiro atoms. The lowest BCUT2D eigenvalue weighted by atomic mass is 10.2. The van der Waals surface area contributed by atoms with Gasteiger partial charge in [-0.2, -0.15) is 10.2 Å². The molecular formula is C50H62N6O6Si3. The van der Waals surface area contributed by atoms with Crippen LogP contribution in [0.5, 0.6) is 11.5 Å². The maximum absolute atomic E-state index is 12.8. The number of aromatic nitrogens is 2. The molecule has 2 heterocycles. The van der Waals surface area contributed by atoms with Gasteiger partial charge >= 0.3 is 8.56 Å². The van der Waals surface area contributed by atoms with E-state index < -0.39 is 25.2 Å². The molecule has 2 amide bonds. The third-order valence-electron chi connectivity index (χ3n) is 10.6. The lowest BCUT2D eigenvalue weighted by Crippen LogP contribution is -2.52. The number of carbonyl (C=O) groups is 2. The Hall–Kier alpha value is -5.85. The normalized spacial score (nSPS) is 12.3. The van der Waals surface area contributed by atoms with Gasteiger partial charge in [-0.1, -0.05) is 86.3 Å². The van der Waals surface area contributed by atoms with E-state index in [4.69, 9.17) is 17.7 Å². The maximum Gasteiger partial charge on any atom is 0.311 e. The summed E-state index contributed by atoms with van der Waals surface area (Å²) in [6, 6.07) is 39.9. The van der Waals surface area contributed by atoms with E-state index in [0.717, 1.165) is 72.4 Å². The van der Waals surface area contributed by atoms with Crippen LogP contribution in [0.15, 0.2) is 132 Å². The number of carbonyl (C=O) groups excluding carboxylic acids is 2. The van der Waals surface area contributed by atoms with Gasteiger partial charge < -0.3 is 17.7 Å². The van der Waals surface area contributed by atoms with Crippen LogP contribution in [-0.2, 0) is 8.23 Å². The minimum atomic E-state index is -2.33. The van der Waals surface area contributed by atoms with Gasteiger partial charge in [-0.15, -0.1) is 0 Å². The number of hydrogen-bond donors (Lipinski definition) is 2. The van der Waals surface area contributed by atoms with Crippen LogP contribution in [-0.4, -0.2) is 72.6 Å². The number of unbranched alkanes of at least 4 members (excludes halogenated alkanes) is 4. The average molecular weight is 927 g/mol. The van der Waals surface area contributed by atoms with Crippen LogP contribution in [0.4, 0.5) is 0 Å². The van der Waals surface area contributed by atoms with E-state index in [1.165, 1.54) is 0 Å². The molecule has 2 aromatic heterocycles. The number of nitrogens with zero attached hydrogens (tertiary/aromatic N) is 4. The van der Waals surface area contributed by atoms with E-state index >= 15 is 0 Å². The summed E-state index contributed by atoms with van der Waals surface area (Å²) in [7, 11) is -6.21. The van der Waals surface area contributed by atoms with E-state index in [2.05, 4.69) is 70.3 Å². The van der Waals surface area contributed by atoms with Crippen molar-refractivity contribution in [2.75, 3.05) is 13.2 Å². The summed E-state index contributed by atoms with van der Waals surface area (Å²) in [5.74, 6) is 0.684. The molecule has 0 saturated carbocycles. The van der Waals surface area contributed by atoms with Crippen LogP contribution in [0, 0.1) is 0 Å². The Bertz CT molecular complexity index is 2410. The molecule has 15 heteroatoms. The van der Waals surface area contributed by atoms with E-state index in [-0.39, 0.29) is 11.8 Å². The highest BCUT2D eigenvalue weighted by Gasteiger charge is 2.39. The third kappa shape index (κ3) is 16.3. The first kappa shape index (κ1) is 48.6. The monoisotopic (exact) mass is 926 g/mol. The molecule has 6 rings (SSSR count). The van der Waals surface area contributed by atoms with Gasteiger partial charge in [0.2, 0.25) is 0 Å². The van der Waals surface area contributed by atoms with Crippen molar-refractivity contribution < 1.29 is 27.3 Å². The summed E-state index contributed by atoms with van der Waals surface area (Å²) in [5, 5.41) is 10.3. The highest BCUT2D eigenvalue weighted by molar-refractivity contribution is 6.87. The topological polar surface area (TPSA) is 146 Å². The van der Waals surface area contributed by atoms with Crippen LogP contribution in [0.2, 0.25) is 51.4 Å². The molecule has 0 atom stereocenters. The van der Waals surface area contributed by atoms with Crippen LogP contribution < -0.4 is 20.3 Å². The Kier molecular flexibility index (Phi) is 17.5. The number of fused-ring (bicyclic) bond motifs is 2. The largest absolute Gasteiger partial charge is 0.494 e. The molecule has 65 heavy (non-hydrogen) atoms. The van der Waals surface area contributed by atoms with Gasteiger partial charge in [-0.25, -0.2) is 20.8 Å². The van der Waals surface area contributed by atoms with Crippen LogP contribution in [0.3, 0.4) is 0 Å². The first-order chi connectivity index (χ1) is 31.2. The Balaban J connectivity index is 0.819. The Morgan fingerprint density at radius 1 is 0.523 bits per heavy atom. The minimum Gasteiger partial charge on any atom is -0.494 e. The summed E-state index contributed by atoms with van der Waals surface area (Å²) in [6.07, 6.45) is 9.11. The second-order valence-corrected chi connectivity index (χ2v) is 30.2. The molecule has 0 saturated heterocycles. The second-order valence-electron chi connectivity index (χ2n) is 17.8. The van der Waals surface area contributed by atoms with E-state index in [1.807, 2.05) is 97.1 Å². The fourth-order valence-corrected chi connectivity index (χ4v) is 21.9. The third-order valence-corrected chi connectivity index (χ3v) is 22.1. The predicted molar refractivity (Wildman–Crippen MR) is 269 cm³/mol. The van der Waals surface area contributed by atoms with Gasteiger partial charge in [0.1, 0.15) is 11.5 Å². The fourth-order valence-electron chi connectivity index (χ4n) is 7.70. The van der Waals surface area contributed by atoms with Gasteiger partial charge in [0.05, 0.1) is 48.1 Å². The SMILES string of the molecule is C[Si](C)(CCCCCOc1cccc(C(=O)N/N=C/c2ccc3ccccc3n2)c1)O[Si](C)(C)O[Si](C)(C)CCCCCOc1cccc(C(=O)N/N=C/c2ccc3ccccc3n2)c1. The van der Waals surface area contributed by atoms with Crippen molar-refractivity contribution in [3.05, 3.63) is 144 Å². The first-order valence-electron chi connectivity index (χ1n) is 22.5. The Labute approximate surface area is 386 Å². The van der Waals surface area contributed by atoms with Crippen molar-refractivity contribution in [1.29, 1.82) is 0 Å². The van der Waals surface area contributed by atoms with E-state index in [1.54, 1.807) is 36.7 Å². The summed E-state index contributed by atoms with van der Waals surface area (Å²) in [4.78, 5) is 34.6. The molecule has 0 aliphatic carbocycles. The number of ether oxygens (including phenoxy) is 2. The second kappa shape index (κ2) is 23.4. The molecule has 0 bridgehead atoms. The lowest BCUT2D eigenvalue weighted by Gasteiger charge is -2.39. The molecule has 12 nitrogen and oxygen atoms in total. The summed E-state index contributed by atoms with van der Waals surface area (Å²) in [5.41, 5.74) is 9.19. The van der Waals surface area contributed by atoms with Crippen LogP contribution in [0.25, 0.3) is 21.8 Å². The Morgan fingerprint density at radius 3 is 1.40 bits per heavy atom. The zero-order chi connectivity index (χ0) is 46.1. The maximum atomic E-state index is 12.8. The van der Waals surface area contributed by atoms with Crippen molar-refractivity contribution >= 4 is 71.2 Å². The van der Waals surface area contributed by atoms with Gasteiger partial charge in [0, 0.05) is 21.9 Å². The van der Waals surface area contributed by atoms with E-state index in [9.17, 15) is 9.59 Å². The zero-order valence-corrected chi connectivity index (χ0v) is 41.5. The number of nitrogens with one attached hydrogen (secondary N) is 2. The number of pyridine rings is 2.